The molecular formula is C32H25N3O. The number of allylic oxidation sites excluding steroid dienone is 4. The van der Waals surface area contributed by atoms with Gasteiger partial charge in [-0.3, -0.25) is 4.40 Å². The monoisotopic (exact) mass is 467 g/mol. The summed E-state index contributed by atoms with van der Waals surface area (Å²) < 4.78 is 8.31. The van der Waals surface area contributed by atoms with Gasteiger partial charge in [-0.1, -0.05) is 78.9 Å². The van der Waals surface area contributed by atoms with Gasteiger partial charge in [0.05, 0.1) is 16.7 Å². The predicted octanol–water partition coefficient (Wildman–Crippen LogP) is 8.31. The third-order valence-electron chi connectivity index (χ3n) is 7.18. The van der Waals surface area contributed by atoms with Gasteiger partial charge in [0.2, 0.25) is 0 Å². The lowest BCUT2D eigenvalue weighted by atomic mass is 10.0. The highest BCUT2D eigenvalue weighted by Gasteiger charge is 2.22. The highest BCUT2D eigenvalue weighted by Crippen LogP contribution is 2.45. The van der Waals surface area contributed by atoms with E-state index in [1.54, 1.807) is 0 Å². The summed E-state index contributed by atoms with van der Waals surface area (Å²) in [5.74, 6) is 0.591. The molecule has 3 heterocycles. The van der Waals surface area contributed by atoms with Crippen LogP contribution in [0.4, 0.5) is 11.5 Å². The van der Waals surface area contributed by atoms with Crippen LogP contribution in [0.3, 0.4) is 0 Å². The minimum atomic E-state index is 0.591. The van der Waals surface area contributed by atoms with Crippen molar-refractivity contribution in [3.63, 3.8) is 0 Å². The molecule has 0 atom stereocenters. The summed E-state index contributed by atoms with van der Waals surface area (Å²) in [6, 6.07) is 27.1. The Hall–Kier alpha value is -4.70. The molecule has 4 N–H and O–H groups in total. The molecule has 0 aliphatic heterocycles. The van der Waals surface area contributed by atoms with E-state index in [2.05, 4.69) is 83.3 Å². The summed E-state index contributed by atoms with van der Waals surface area (Å²) in [4.78, 5) is 0. The molecule has 0 unspecified atom stereocenters. The van der Waals surface area contributed by atoms with Crippen molar-refractivity contribution in [2.45, 2.75) is 12.8 Å². The number of aromatic nitrogens is 1. The number of rotatable bonds is 1. The largest absolute Gasteiger partial charge is 0.456 e. The number of hydrogen-bond acceptors (Lipinski definition) is 3. The molecule has 0 saturated heterocycles. The van der Waals surface area contributed by atoms with Crippen molar-refractivity contribution in [1.82, 2.24) is 4.40 Å². The Morgan fingerprint density at radius 3 is 2.14 bits per heavy atom. The van der Waals surface area contributed by atoms with E-state index in [4.69, 9.17) is 15.9 Å². The van der Waals surface area contributed by atoms with Crippen LogP contribution < -0.4 is 11.5 Å². The first kappa shape index (κ1) is 20.7. The van der Waals surface area contributed by atoms with Gasteiger partial charge in [0.1, 0.15) is 17.0 Å². The van der Waals surface area contributed by atoms with Crippen LogP contribution in [0.2, 0.25) is 0 Å². The number of nitrogens with two attached hydrogens (primary N) is 2. The molecule has 4 heteroatoms. The second-order valence-corrected chi connectivity index (χ2v) is 9.28. The van der Waals surface area contributed by atoms with Crippen LogP contribution in [-0.2, 0) is 0 Å². The SMILES string of the molecule is C1=CCCC=C1.Nc1c(N)n2c3ccc4oc5ccc(-c6ccccc6)cc5c4c3c3cccc1c32. The first-order valence-corrected chi connectivity index (χ1v) is 12.3. The van der Waals surface area contributed by atoms with Gasteiger partial charge in [0.25, 0.3) is 0 Å². The second kappa shape index (κ2) is 7.92. The minimum Gasteiger partial charge on any atom is -0.456 e. The Morgan fingerprint density at radius 2 is 1.39 bits per heavy atom. The van der Waals surface area contributed by atoms with Gasteiger partial charge in [0, 0.05) is 26.9 Å². The van der Waals surface area contributed by atoms with Crippen LogP contribution in [-0.4, -0.2) is 4.40 Å². The molecule has 0 radical (unpaired) electrons. The van der Waals surface area contributed by atoms with E-state index in [0.717, 1.165) is 49.1 Å². The van der Waals surface area contributed by atoms with E-state index in [9.17, 15) is 0 Å². The molecule has 0 spiro atoms. The quantitative estimate of drug-likeness (QED) is 0.255. The molecule has 4 aromatic carbocycles. The molecule has 0 saturated carbocycles. The maximum atomic E-state index is 6.42. The van der Waals surface area contributed by atoms with Gasteiger partial charge in [-0.2, -0.15) is 0 Å². The molecule has 174 valence electrons. The lowest BCUT2D eigenvalue weighted by Crippen LogP contribution is -1.95. The molecule has 1 aliphatic carbocycles. The van der Waals surface area contributed by atoms with Gasteiger partial charge >= 0.3 is 0 Å². The van der Waals surface area contributed by atoms with E-state index in [-0.39, 0.29) is 0 Å². The minimum absolute atomic E-state index is 0.591. The highest BCUT2D eigenvalue weighted by atomic mass is 16.3. The zero-order chi connectivity index (χ0) is 24.2. The van der Waals surface area contributed by atoms with Crippen LogP contribution >= 0.6 is 0 Å². The summed E-state index contributed by atoms with van der Waals surface area (Å²) in [5, 5.41) is 5.52. The van der Waals surface area contributed by atoms with Gasteiger partial charge in [-0.25, -0.2) is 0 Å². The number of nitrogen functional groups attached to an aromatic ring is 2. The topological polar surface area (TPSA) is 69.6 Å². The number of para-hydroxylation sites is 1. The van der Waals surface area contributed by atoms with Crippen molar-refractivity contribution in [2.75, 3.05) is 11.5 Å². The molecule has 8 rings (SSSR count). The van der Waals surface area contributed by atoms with Crippen molar-refractivity contribution < 1.29 is 4.42 Å². The zero-order valence-corrected chi connectivity index (χ0v) is 19.7. The van der Waals surface area contributed by atoms with Crippen LogP contribution in [0.5, 0.6) is 0 Å². The number of anilines is 2. The third kappa shape index (κ3) is 2.94. The summed E-state index contributed by atoms with van der Waals surface area (Å²) in [6.07, 6.45) is 11.0. The number of fused-ring (bicyclic) bond motifs is 7. The number of furan rings is 1. The second-order valence-electron chi connectivity index (χ2n) is 9.28. The van der Waals surface area contributed by atoms with Gasteiger partial charge < -0.3 is 15.9 Å². The average molecular weight is 468 g/mol. The standard InChI is InChI=1S/C26H17N3O.C6H8/c27-24-17-8-4-7-16-22-19(29(25(16)17)26(24)28)10-12-21-23(22)18-13-15(9-11-20(18)30-21)14-5-2-1-3-6-14;1-2-4-6-5-3-1/h1-13H,27-28H2;1-4H,5-6H2. The smallest absolute Gasteiger partial charge is 0.136 e. The summed E-state index contributed by atoms with van der Waals surface area (Å²) >= 11 is 0. The molecular weight excluding hydrogens is 442 g/mol. The van der Waals surface area contributed by atoms with Crippen molar-refractivity contribution in [1.29, 1.82) is 0 Å². The van der Waals surface area contributed by atoms with Crippen molar-refractivity contribution in [2.24, 2.45) is 0 Å². The lowest BCUT2D eigenvalue weighted by Gasteiger charge is -2.02. The van der Waals surface area contributed by atoms with E-state index in [1.807, 2.05) is 24.3 Å². The Balaban J connectivity index is 0.000000325. The zero-order valence-electron chi connectivity index (χ0n) is 19.7. The van der Waals surface area contributed by atoms with E-state index in [1.165, 1.54) is 24.0 Å². The maximum absolute atomic E-state index is 6.42. The molecule has 7 aromatic rings. The van der Waals surface area contributed by atoms with Crippen LogP contribution in [0.15, 0.2) is 108 Å². The van der Waals surface area contributed by atoms with E-state index < -0.39 is 0 Å². The fraction of sp³-hybridized carbons (Fsp3) is 0.0625. The number of nitrogens with zero attached hydrogens (tertiary/aromatic N) is 1. The molecule has 1 aliphatic rings. The highest BCUT2D eigenvalue weighted by molar-refractivity contribution is 6.30. The Labute approximate surface area is 208 Å². The summed E-state index contributed by atoms with van der Waals surface area (Å²) in [5.41, 5.74) is 19.6. The molecule has 0 bridgehead atoms. The van der Waals surface area contributed by atoms with Gasteiger partial charge in [-0.05, 0) is 48.2 Å². The molecule has 0 amide bonds. The Morgan fingerprint density at radius 1 is 0.639 bits per heavy atom. The van der Waals surface area contributed by atoms with Crippen molar-refractivity contribution in [3.05, 3.63) is 103 Å². The van der Waals surface area contributed by atoms with Gasteiger partial charge in [-0.15, -0.1) is 0 Å². The predicted molar refractivity (Wildman–Crippen MR) is 153 cm³/mol. The number of hydrogen-bond donors (Lipinski definition) is 2. The van der Waals surface area contributed by atoms with Crippen LogP contribution in [0.25, 0.3) is 60.3 Å². The maximum Gasteiger partial charge on any atom is 0.136 e. The van der Waals surface area contributed by atoms with E-state index >= 15 is 0 Å². The van der Waals surface area contributed by atoms with Crippen molar-refractivity contribution >= 4 is 60.6 Å². The van der Waals surface area contributed by atoms with Crippen molar-refractivity contribution in [3.8, 4) is 11.1 Å². The van der Waals surface area contributed by atoms with Gasteiger partial charge in [0.15, 0.2) is 0 Å². The van der Waals surface area contributed by atoms with E-state index in [0.29, 0.717) is 11.5 Å². The third-order valence-corrected chi connectivity index (χ3v) is 7.18. The summed E-state index contributed by atoms with van der Waals surface area (Å²) in [6.45, 7) is 0. The van der Waals surface area contributed by atoms with Crippen LogP contribution in [0, 0.1) is 0 Å². The molecule has 0 fully saturated rings. The average Bonchev–Trinajstić information content (AvgIpc) is 3.57. The summed E-state index contributed by atoms with van der Waals surface area (Å²) in [7, 11) is 0. The fourth-order valence-electron chi connectivity index (χ4n) is 5.50. The molecule has 3 aromatic heterocycles. The first-order valence-electron chi connectivity index (χ1n) is 12.3. The fourth-order valence-corrected chi connectivity index (χ4v) is 5.50. The Bertz CT molecular complexity index is 1940. The lowest BCUT2D eigenvalue weighted by molar-refractivity contribution is 0.669. The molecule has 36 heavy (non-hydrogen) atoms. The molecule has 4 nitrogen and oxygen atoms in total. The van der Waals surface area contributed by atoms with Crippen LogP contribution in [0.1, 0.15) is 12.8 Å². The first-order chi connectivity index (χ1) is 17.7. The number of benzene rings is 4. The normalized spacial score (nSPS) is 13.3. The Kier molecular flexibility index (Phi) is 4.55.